The van der Waals surface area contributed by atoms with Crippen LogP contribution in [0.4, 0.5) is 0 Å². The molecular formula is C15H20ClNO4S. The molecule has 22 heavy (non-hydrogen) atoms. The average molecular weight is 346 g/mol. The molecule has 2 aliphatic rings. The number of hydrogen-bond donors (Lipinski definition) is 0. The van der Waals surface area contributed by atoms with E-state index in [2.05, 4.69) is 0 Å². The second-order valence-corrected chi connectivity index (χ2v) is 8.08. The Kier molecular flexibility index (Phi) is 4.75. The highest BCUT2D eigenvalue weighted by Gasteiger charge is 2.41. The van der Waals surface area contributed by atoms with Crippen molar-refractivity contribution >= 4 is 21.6 Å². The molecule has 0 atom stereocenters. The van der Waals surface area contributed by atoms with Crippen LogP contribution in [0.3, 0.4) is 0 Å². The smallest absolute Gasteiger partial charge is 0.218 e. The molecule has 3 rings (SSSR count). The molecule has 0 saturated carbocycles. The van der Waals surface area contributed by atoms with E-state index in [9.17, 15) is 8.42 Å². The Hall–Kier alpha value is -0.660. The highest BCUT2D eigenvalue weighted by Crippen LogP contribution is 2.32. The Balaban J connectivity index is 1.66. The molecule has 1 aromatic rings. The molecule has 5 nitrogen and oxygen atoms in total. The Morgan fingerprint density at radius 2 is 1.77 bits per heavy atom. The van der Waals surface area contributed by atoms with Crippen molar-refractivity contribution in [2.75, 3.05) is 26.3 Å². The SMILES string of the molecule is O=S(=O)(Cc1ccccc1Cl)N1CCC2(CC1)OCCCO2. The van der Waals surface area contributed by atoms with E-state index in [0.29, 0.717) is 49.7 Å². The summed E-state index contributed by atoms with van der Waals surface area (Å²) in [7, 11) is -3.38. The predicted octanol–water partition coefficient (Wildman–Crippen LogP) is 2.40. The van der Waals surface area contributed by atoms with Gasteiger partial charge in [-0.3, -0.25) is 0 Å². The van der Waals surface area contributed by atoms with Crippen LogP contribution in [0.5, 0.6) is 0 Å². The zero-order valence-corrected chi connectivity index (χ0v) is 13.9. The molecule has 1 spiro atoms. The first-order valence-electron chi connectivity index (χ1n) is 7.50. The van der Waals surface area contributed by atoms with E-state index in [1.54, 1.807) is 24.3 Å². The quantitative estimate of drug-likeness (QED) is 0.844. The molecule has 122 valence electrons. The van der Waals surface area contributed by atoms with Crippen molar-refractivity contribution in [1.29, 1.82) is 0 Å². The first-order chi connectivity index (χ1) is 10.5. The lowest BCUT2D eigenvalue weighted by molar-refractivity contribution is -0.280. The number of piperidine rings is 1. The van der Waals surface area contributed by atoms with Crippen LogP contribution >= 0.6 is 11.6 Å². The van der Waals surface area contributed by atoms with Gasteiger partial charge >= 0.3 is 0 Å². The van der Waals surface area contributed by atoms with Gasteiger partial charge in [0, 0.05) is 31.0 Å². The molecule has 7 heteroatoms. The average Bonchev–Trinajstić information content (AvgIpc) is 2.51. The maximum absolute atomic E-state index is 12.6. The van der Waals surface area contributed by atoms with Crippen LogP contribution in [0.15, 0.2) is 24.3 Å². The Labute approximate surface area is 136 Å². The van der Waals surface area contributed by atoms with Gasteiger partial charge in [-0.15, -0.1) is 0 Å². The fraction of sp³-hybridized carbons (Fsp3) is 0.600. The first-order valence-corrected chi connectivity index (χ1v) is 9.49. The summed E-state index contributed by atoms with van der Waals surface area (Å²) in [4.78, 5) is 0. The van der Waals surface area contributed by atoms with E-state index < -0.39 is 15.8 Å². The number of sulfonamides is 1. The number of benzene rings is 1. The molecule has 0 bridgehead atoms. The highest BCUT2D eigenvalue weighted by molar-refractivity contribution is 7.88. The van der Waals surface area contributed by atoms with Crippen molar-refractivity contribution in [1.82, 2.24) is 4.31 Å². The lowest BCUT2D eigenvalue weighted by Gasteiger charge is -2.42. The molecule has 0 N–H and O–H groups in total. The van der Waals surface area contributed by atoms with Crippen LogP contribution in [0.1, 0.15) is 24.8 Å². The molecule has 2 fully saturated rings. The van der Waals surface area contributed by atoms with E-state index in [1.165, 1.54) is 4.31 Å². The van der Waals surface area contributed by atoms with Crippen molar-refractivity contribution in [3.8, 4) is 0 Å². The molecule has 2 saturated heterocycles. The van der Waals surface area contributed by atoms with Crippen molar-refractivity contribution in [3.05, 3.63) is 34.9 Å². The predicted molar refractivity (Wildman–Crippen MR) is 84.1 cm³/mol. The molecular weight excluding hydrogens is 326 g/mol. The number of halogens is 1. The van der Waals surface area contributed by atoms with Crippen LogP contribution in [0.25, 0.3) is 0 Å². The van der Waals surface area contributed by atoms with E-state index >= 15 is 0 Å². The summed E-state index contributed by atoms with van der Waals surface area (Å²) in [6.45, 7) is 2.22. The standard InChI is InChI=1S/C15H20ClNO4S/c16-14-5-2-1-4-13(14)12-22(18,19)17-8-6-15(7-9-17)20-10-3-11-21-15/h1-2,4-5H,3,6-12H2. The normalized spacial score (nSPS) is 22.8. The van der Waals surface area contributed by atoms with Gasteiger partial charge in [0.1, 0.15) is 0 Å². The van der Waals surface area contributed by atoms with E-state index in [1.807, 2.05) is 0 Å². The summed E-state index contributed by atoms with van der Waals surface area (Å²) in [6.07, 6.45) is 2.06. The van der Waals surface area contributed by atoms with Gasteiger partial charge in [0.05, 0.1) is 19.0 Å². The molecule has 0 amide bonds. The third kappa shape index (κ3) is 3.46. The molecule has 2 aliphatic heterocycles. The largest absolute Gasteiger partial charge is 0.350 e. The fourth-order valence-corrected chi connectivity index (χ4v) is 4.76. The van der Waals surface area contributed by atoms with Crippen LogP contribution in [0, 0.1) is 0 Å². The van der Waals surface area contributed by atoms with E-state index in [0.717, 1.165) is 6.42 Å². The van der Waals surface area contributed by atoms with Gasteiger partial charge in [-0.1, -0.05) is 29.8 Å². The maximum atomic E-state index is 12.6. The summed E-state index contributed by atoms with van der Waals surface area (Å²) in [5.74, 6) is -0.643. The minimum atomic E-state index is -3.38. The maximum Gasteiger partial charge on any atom is 0.218 e. The minimum Gasteiger partial charge on any atom is -0.350 e. The second kappa shape index (κ2) is 6.45. The lowest BCUT2D eigenvalue weighted by atomic mass is 10.0. The molecule has 2 heterocycles. The summed E-state index contributed by atoms with van der Waals surface area (Å²) >= 11 is 6.06. The molecule has 0 aromatic heterocycles. The molecule has 0 radical (unpaired) electrons. The monoisotopic (exact) mass is 345 g/mol. The Bertz CT molecular complexity index is 618. The number of hydrogen-bond acceptors (Lipinski definition) is 4. The van der Waals surface area contributed by atoms with Gasteiger partial charge in [-0.2, -0.15) is 0 Å². The van der Waals surface area contributed by atoms with Crippen LogP contribution in [-0.2, 0) is 25.2 Å². The topological polar surface area (TPSA) is 55.8 Å². The van der Waals surface area contributed by atoms with E-state index in [4.69, 9.17) is 21.1 Å². The van der Waals surface area contributed by atoms with Gasteiger partial charge in [0.2, 0.25) is 10.0 Å². The first kappa shape index (κ1) is 16.2. The van der Waals surface area contributed by atoms with Gasteiger partial charge in [-0.25, -0.2) is 12.7 Å². The van der Waals surface area contributed by atoms with Crippen molar-refractivity contribution in [2.24, 2.45) is 0 Å². The summed E-state index contributed by atoms with van der Waals surface area (Å²) in [5.41, 5.74) is 0.634. The number of nitrogens with zero attached hydrogens (tertiary/aromatic N) is 1. The lowest BCUT2D eigenvalue weighted by Crippen LogP contribution is -2.51. The highest BCUT2D eigenvalue weighted by atomic mass is 35.5. The minimum absolute atomic E-state index is 0.0681. The van der Waals surface area contributed by atoms with Gasteiger partial charge in [0.15, 0.2) is 5.79 Å². The summed E-state index contributed by atoms with van der Waals surface area (Å²) < 4.78 is 38.1. The number of ether oxygens (including phenoxy) is 2. The van der Waals surface area contributed by atoms with Crippen LogP contribution in [-0.4, -0.2) is 44.8 Å². The Morgan fingerprint density at radius 3 is 2.41 bits per heavy atom. The molecule has 0 unspecified atom stereocenters. The van der Waals surface area contributed by atoms with Crippen LogP contribution in [0.2, 0.25) is 5.02 Å². The van der Waals surface area contributed by atoms with E-state index in [-0.39, 0.29) is 5.75 Å². The van der Waals surface area contributed by atoms with Crippen molar-refractivity contribution < 1.29 is 17.9 Å². The third-order valence-electron chi connectivity index (χ3n) is 4.19. The van der Waals surface area contributed by atoms with Crippen molar-refractivity contribution in [3.63, 3.8) is 0 Å². The third-order valence-corrected chi connectivity index (χ3v) is 6.39. The second-order valence-electron chi connectivity index (χ2n) is 5.71. The van der Waals surface area contributed by atoms with Gasteiger partial charge < -0.3 is 9.47 Å². The van der Waals surface area contributed by atoms with Gasteiger partial charge in [0.25, 0.3) is 0 Å². The molecule has 1 aromatic carbocycles. The zero-order valence-electron chi connectivity index (χ0n) is 12.3. The summed E-state index contributed by atoms with van der Waals surface area (Å²) in [5, 5.41) is 0.485. The molecule has 0 aliphatic carbocycles. The van der Waals surface area contributed by atoms with Crippen molar-refractivity contribution in [2.45, 2.75) is 30.8 Å². The number of rotatable bonds is 3. The zero-order chi connectivity index (χ0) is 15.6. The van der Waals surface area contributed by atoms with Gasteiger partial charge in [-0.05, 0) is 18.1 Å². The summed E-state index contributed by atoms with van der Waals surface area (Å²) in [6, 6.07) is 7.05. The Morgan fingerprint density at radius 1 is 1.14 bits per heavy atom. The fourth-order valence-electron chi connectivity index (χ4n) is 2.91. The van der Waals surface area contributed by atoms with Crippen LogP contribution < -0.4 is 0 Å².